The first kappa shape index (κ1) is 16.7. The summed E-state index contributed by atoms with van der Waals surface area (Å²) in [6, 6.07) is 14.4. The third-order valence-corrected chi connectivity index (χ3v) is 5.25. The molecule has 0 radical (unpaired) electrons. The molecule has 0 spiro atoms. The molecule has 7 heteroatoms. The van der Waals surface area contributed by atoms with Crippen LogP contribution in [0.25, 0.3) is 22.2 Å². The van der Waals surface area contributed by atoms with Crippen LogP contribution in [0.2, 0.25) is 0 Å². The van der Waals surface area contributed by atoms with Crippen molar-refractivity contribution in [2.45, 2.75) is 19.5 Å². The zero-order chi connectivity index (χ0) is 19.1. The Kier molecular flexibility index (Phi) is 3.93. The largest absolute Gasteiger partial charge is 0.336 e. The predicted octanol–water partition coefficient (Wildman–Crippen LogP) is 3.15. The van der Waals surface area contributed by atoms with E-state index < -0.39 is 0 Å². The zero-order valence-electron chi connectivity index (χ0n) is 15.1. The third-order valence-electron chi connectivity index (χ3n) is 5.25. The van der Waals surface area contributed by atoms with Crippen molar-refractivity contribution in [1.82, 2.24) is 24.9 Å². The lowest BCUT2D eigenvalue weighted by Gasteiger charge is -2.27. The molecule has 5 rings (SSSR count). The molecule has 28 heavy (non-hydrogen) atoms. The van der Waals surface area contributed by atoms with Gasteiger partial charge in [0.15, 0.2) is 0 Å². The van der Waals surface area contributed by atoms with Crippen LogP contribution in [0.5, 0.6) is 0 Å². The minimum absolute atomic E-state index is 0.0137. The number of H-pyrrole nitrogens is 1. The Morgan fingerprint density at radius 2 is 1.96 bits per heavy atom. The number of carbonyl (C=O) groups is 1. The van der Waals surface area contributed by atoms with Crippen molar-refractivity contribution in [2.24, 2.45) is 0 Å². The van der Waals surface area contributed by atoms with Crippen molar-refractivity contribution in [3.63, 3.8) is 0 Å². The van der Waals surface area contributed by atoms with Gasteiger partial charge in [-0.15, -0.1) is 0 Å². The Hall–Kier alpha value is -3.48. The number of rotatable bonds is 3. The van der Waals surface area contributed by atoms with Crippen LogP contribution in [0, 0.1) is 5.82 Å². The maximum Gasteiger partial charge on any atom is 0.244 e. The number of amides is 1. The van der Waals surface area contributed by atoms with Gasteiger partial charge in [-0.05, 0) is 18.2 Å². The Morgan fingerprint density at radius 1 is 1.14 bits per heavy atom. The van der Waals surface area contributed by atoms with Gasteiger partial charge < -0.3 is 4.90 Å². The molecule has 3 heterocycles. The van der Waals surface area contributed by atoms with Gasteiger partial charge in [0, 0.05) is 41.7 Å². The summed E-state index contributed by atoms with van der Waals surface area (Å²) in [4.78, 5) is 14.7. The van der Waals surface area contributed by atoms with Crippen LogP contribution in [0.15, 0.2) is 54.7 Å². The minimum Gasteiger partial charge on any atom is -0.336 e. The van der Waals surface area contributed by atoms with E-state index in [0.29, 0.717) is 30.8 Å². The number of hydrogen-bond acceptors (Lipinski definition) is 3. The number of nitrogens with one attached hydrogen (secondary N) is 1. The van der Waals surface area contributed by atoms with Crippen LogP contribution in [-0.2, 0) is 24.3 Å². The first-order valence-corrected chi connectivity index (χ1v) is 9.20. The second kappa shape index (κ2) is 6.60. The molecule has 140 valence electrons. The van der Waals surface area contributed by atoms with Gasteiger partial charge in [-0.2, -0.15) is 10.2 Å². The van der Waals surface area contributed by atoms with Crippen molar-refractivity contribution in [1.29, 1.82) is 0 Å². The molecule has 0 aliphatic carbocycles. The van der Waals surface area contributed by atoms with Crippen LogP contribution in [0.4, 0.5) is 4.39 Å². The summed E-state index contributed by atoms with van der Waals surface area (Å²) in [5, 5.41) is 12.7. The summed E-state index contributed by atoms with van der Waals surface area (Å²) >= 11 is 0. The predicted molar refractivity (Wildman–Crippen MR) is 103 cm³/mol. The van der Waals surface area contributed by atoms with E-state index in [1.54, 1.807) is 34.0 Å². The fourth-order valence-corrected chi connectivity index (χ4v) is 3.76. The van der Waals surface area contributed by atoms with Gasteiger partial charge in [0.05, 0.1) is 11.7 Å². The molecule has 0 saturated carbocycles. The zero-order valence-corrected chi connectivity index (χ0v) is 15.1. The topological polar surface area (TPSA) is 66.8 Å². The minimum atomic E-state index is -0.316. The number of hydrogen-bond donors (Lipinski definition) is 1. The molecule has 4 aromatic rings. The van der Waals surface area contributed by atoms with Crippen molar-refractivity contribution in [3.8, 4) is 11.3 Å². The SMILES string of the molecule is O=C(Cn1ncc2ccccc21)N1CCc2[nH]nc(-c3ccccc3F)c2C1. The molecule has 0 atom stereocenters. The quantitative estimate of drug-likeness (QED) is 0.598. The van der Waals surface area contributed by atoms with Gasteiger partial charge in [-0.25, -0.2) is 4.39 Å². The third kappa shape index (κ3) is 2.76. The molecule has 0 unspecified atom stereocenters. The van der Waals surface area contributed by atoms with Gasteiger partial charge in [0.1, 0.15) is 18.1 Å². The van der Waals surface area contributed by atoms with Gasteiger partial charge in [0.2, 0.25) is 5.91 Å². The number of para-hydroxylation sites is 1. The average molecular weight is 375 g/mol. The first-order chi connectivity index (χ1) is 13.7. The fraction of sp³-hybridized carbons (Fsp3) is 0.190. The summed E-state index contributed by atoms with van der Waals surface area (Å²) in [7, 11) is 0. The number of carbonyl (C=O) groups excluding carboxylic acids is 1. The number of aromatic nitrogens is 4. The van der Waals surface area contributed by atoms with E-state index in [4.69, 9.17) is 0 Å². The molecule has 0 bridgehead atoms. The first-order valence-electron chi connectivity index (χ1n) is 9.20. The highest BCUT2D eigenvalue weighted by Gasteiger charge is 2.27. The van der Waals surface area contributed by atoms with Gasteiger partial charge in [-0.1, -0.05) is 30.3 Å². The molecular weight excluding hydrogens is 357 g/mol. The smallest absolute Gasteiger partial charge is 0.244 e. The summed E-state index contributed by atoms with van der Waals surface area (Å²) in [6.07, 6.45) is 2.44. The maximum atomic E-state index is 14.2. The summed E-state index contributed by atoms with van der Waals surface area (Å²) in [6.45, 7) is 1.19. The molecule has 2 aromatic carbocycles. The highest BCUT2D eigenvalue weighted by molar-refractivity contribution is 5.82. The highest BCUT2D eigenvalue weighted by Crippen LogP contribution is 2.30. The summed E-state index contributed by atoms with van der Waals surface area (Å²) in [5.74, 6) is -0.330. The molecule has 1 N–H and O–H groups in total. The maximum absolute atomic E-state index is 14.2. The van der Waals surface area contributed by atoms with Gasteiger partial charge >= 0.3 is 0 Å². The lowest BCUT2D eigenvalue weighted by Crippen LogP contribution is -2.38. The van der Waals surface area contributed by atoms with Crippen molar-refractivity contribution in [2.75, 3.05) is 6.54 Å². The Balaban J connectivity index is 1.40. The Bertz CT molecular complexity index is 1180. The number of benzene rings is 2. The van der Waals surface area contributed by atoms with Crippen LogP contribution >= 0.6 is 0 Å². The number of halogens is 1. The number of fused-ring (bicyclic) bond motifs is 2. The highest BCUT2D eigenvalue weighted by atomic mass is 19.1. The average Bonchev–Trinajstić information content (AvgIpc) is 3.32. The van der Waals surface area contributed by atoms with Gasteiger partial charge in [-0.3, -0.25) is 14.6 Å². The van der Waals surface area contributed by atoms with Gasteiger partial charge in [0.25, 0.3) is 0 Å². The van der Waals surface area contributed by atoms with Crippen LogP contribution in [-0.4, -0.2) is 37.3 Å². The molecule has 0 fully saturated rings. The van der Waals surface area contributed by atoms with E-state index in [0.717, 1.165) is 22.2 Å². The molecule has 2 aromatic heterocycles. The second-order valence-electron chi connectivity index (χ2n) is 6.94. The van der Waals surface area contributed by atoms with E-state index in [1.807, 2.05) is 24.3 Å². The fourth-order valence-electron chi connectivity index (χ4n) is 3.76. The Morgan fingerprint density at radius 3 is 2.86 bits per heavy atom. The van der Waals surface area contributed by atoms with E-state index in [1.165, 1.54) is 6.07 Å². The number of aromatic amines is 1. The van der Waals surface area contributed by atoms with E-state index in [-0.39, 0.29) is 18.3 Å². The van der Waals surface area contributed by atoms with E-state index in [2.05, 4.69) is 15.3 Å². The van der Waals surface area contributed by atoms with E-state index >= 15 is 0 Å². The standard InChI is InChI=1S/C21H18FN5O/c22-17-7-3-2-6-15(17)21-16-12-26(10-9-18(16)24-25-21)20(28)13-27-19-8-4-1-5-14(19)11-23-27/h1-8,11H,9-10,12-13H2,(H,24,25). The van der Waals surface area contributed by atoms with Crippen molar-refractivity contribution in [3.05, 3.63) is 71.8 Å². The van der Waals surface area contributed by atoms with Crippen molar-refractivity contribution >= 4 is 16.8 Å². The monoisotopic (exact) mass is 375 g/mol. The van der Waals surface area contributed by atoms with Crippen molar-refractivity contribution < 1.29 is 9.18 Å². The van der Waals surface area contributed by atoms with E-state index in [9.17, 15) is 9.18 Å². The summed E-state index contributed by atoms with van der Waals surface area (Å²) < 4.78 is 16.0. The molecule has 6 nitrogen and oxygen atoms in total. The summed E-state index contributed by atoms with van der Waals surface area (Å²) in [5.41, 5.74) is 3.81. The molecule has 1 aliphatic heterocycles. The lowest BCUT2D eigenvalue weighted by molar-refractivity contribution is -0.132. The van der Waals surface area contributed by atoms with Crippen LogP contribution in [0.1, 0.15) is 11.3 Å². The normalized spacial score (nSPS) is 13.7. The molecule has 0 saturated heterocycles. The Labute approximate surface area is 160 Å². The second-order valence-corrected chi connectivity index (χ2v) is 6.94. The molecular formula is C21H18FN5O. The van der Waals surface area contributed by atoms with Crippen LogP contribution in [0.3, 0.4) is 0 Å². The molecule has 1 amide bonds. The van der Waals surface area contributed by atoms with Crippen LogP contribution < -0.4 is 0 Å². The molecule has 1 aliphatic rings. The lowest BCUT2D eigenvalue weighted by atomic mass is 10.0. The number of nitrogens with zero attached hydrogens (tertiary/aromatic N) is 4.